The number of carbonyl (C=O) groups is 2. The Balaban J connectivity index is 1.83. The molecule has 3 atom stereocenters. The molecular weight excluding hydrogens is 364 g/mol. The van der Waals surface area contributed by atoms with Crippen molar-refractivity contribution >= 4 is 21.8 Å². The van der Waals surface area contributed by atoms with Gasteiger partial charge < -0.3 is 4.90 Å². The normalized spacial score (nSPS) is 32.1. The third-order valence-corrected chi connectivity index (χ3v) is 8.61. The molecule has 1 heterocycles. The Bertz CT molecular complexity index is 763. The number of rotatable bonds is 6. The van der Waals surface area contributed by atoms with Gasteiger partial charge in [-0.3, -0.25) is 14.3 Å². The number of likely N-dealkylation sites (tertiary alicyclic amines) is 1. The van der Waals surface area contributed by atoms with Crippen molar-refractivity contribution in [1.82, 2.24) is 9.62 Å². The van der Waals surface area contributed by atoms with Crippen LogP contribution in [-0.4, -0.2) is 42.5 Å². The number of nitrogens with one attached hydrogen (secondary N) is 1. The summed E-state index contributed by atoms with van der Waals surface area (Å²) in [5.41, 5.74) is -0.991. The predicted molar refractivity (Wildman–Crippen MR) is 104 cm³/mol. The average Bonchev–Trinajstić information content (AvgIpc) is 3.41. The monoisotopic (exact) mass is 396 g/mol. The molecule has 2 amide bonds. The molecule has 3 fully saturated rings. The van der Waals surface area contributed by atoms with Crippen molar-refractivity contribution in [2.24, 2.45) is 16.7 Å². The minimum absolute atomic E-state index is 0.0453. The smallest absolute Gasteiger partial charge is 0.242 e. The summed E-state index contributed by atoms with van der Waals surface area (Å²) in [5.74, 6) is -0.502. The molecule has 0 aromatic carbocycles. The first-order chi connectivity index (χ1) is 12.4. The molecule has 2 saturated carbocycles. The van der Waals surface area contributed by atoms with Gasteiger partial charge in [0, 0.05) is 19.0 Å². The molecule has 6 nitrogen and oxygen atoms in total. The summed E-state index contributed by atoms with van der Waals surface area (Å²) in [6.45, 7) is 12.2. The lowest BCUT2D eigenvalue weighted by Gasteiger charge is -2.34. The first-order valence-electron chi connectivity index (χ1n) is 9.85. The highest BCUT2D eigenvalue weighted by molar-refractivity contribution is 7.91. The lowest BCUT2D eigenvalue weighted by molar-refractivity contribution is -0.137. The number of amides is 2. The van der Waals surface area contributed by atoms with E-state index in [-0.39, 0.29) is 23.3 Å². The van der Waals surface area contributed by atoms with E-state index in [1.54, 1.807) is 13.0 Å². The SMILES string of the molecule is C=CC1CC1(C(=O)NS(=O)(=O)C1(C)CC1)C1CCCN1C(=O)CC(C)(C)C. The Morgan fingerprint density at radius 2 is 1.93 bits per heavy atom. The van der Waals surface area contributed by atoms with Crippen molar-refractivity contribution in [2.45, 2.75) is 77.0 Å². The van der Waals surface area contributed by atoms with Gasteiger partial charge in [0.2, 0.25) is 21.8 Å². The van der Waals surface area contributed by atoms with E-state index < -0.39 is 26.1 Å². The zero-order valence-electron chi connectivity index (χ0n) is 16.9. The van der Waals surface area contributed by atoms with Gasteiger partial charge in [0.15, 0.2) is 0 Å². The third-order valence-electron chi connectivity index (χ3n) is 6.45. The van der Waals surface area contributed by atoms with Gasteiger partial charge in [-0.25, -0.2) is 8.42 Å². The van der Waals surface area contributed by atoms with Crippen molar-refractivity contribution in [3.05, 3.63) is 12.7 Å². The zero-order valence-corrected chi connectivity index (χ0v) is 17.7. The molecule has 0 bridgehead atoms. The molecule has 3 aliphatic rings. The molecule has 0 aromatic heterocycles. The summed E-state index contributed by atoms with van der Waals surface area (Å²) < 4.78 is 26.7. The van der Waals surface area contributed by atoms with Gasteiger partial charge in [0.05, 0.1) is 10.2 Å². The van der Waals surface area contributed by atoms with Gasteiger partial charge in [-0.05, 0) is 50.4 Å². The summed E-state index contributed by atoms with van der Waals surface area (Å²) in [4.78, 5) is 27.8. The Kier molecular flexibility index (Phi) is 4.77. The third kappa shape index (κ3) is 3.55. The summed E-state index contributed by atoms with van der Waals surface area (Å²) in [7, 11) is -3.69. The highest BCUT2D eigenvalue weighted by atomic mass is 32.2. The van der Waals surface area contributed by atoms with Gasteiger partial charge in [-0.1, -0.05) is 26.8 Å². The maximum Gasteiger partial charge on any atom is 0.242 e. The molecule has 7 heteroatoms. The summed E-state index contributed by atoms with van der Waals surface area (Å²) in [6, 6.07) is -0.252. The second-order valence-corrected chi connectivity index (χ2v) is 12.2. The van der Waals surface area contributed by atoms with Crippen LogP contribution in [0.25, 0.3) is 0 Å². The molecule has 27 heavy (non-hydrogen) atoms. The van der Waals surface area contributed by atoms with Crippen LogP contribution in [0.4, 0.5) is 0 Å². The van der Waals surface area contributed by atoms with Crippen molar-refractivity contribution in [1.29, 1.82) is 0 Å². The number of allylic oxidation sites excluding steroid dienone is 1. The lowest BCUT2D eigenvalue weighted by Crippen LogP contribution is -2.51. The maximum atomic E-state index is 13.2. The highest BCUT2D eigenvalue weighted by Crippen LogP contribution is 2.60. The van der Waals surface area contributed by atoms with E-state index in [0.29, 0.717) is 32.2 Å². The van der Waals surface area contributed by atoms with Crippen LogP contribution < -0.4 is 4.72 Å². The second-order valence-electron chi connectivity index (χ2n) is 9.95. The summed E-state index contributed by atoms with van der Waals surface area (Å²) in [5, 5.41) is 0. The Hall–Kier alpha value is -1.37. The Morgan fingerprint density at radius 1 is 1.30 bits per heavy atom. The van der Waals surface area contributed by atoms with Gasteiger partial charge in [-0.15, -0.1) is 6.58 Å². The number of sulfonamides is 1. The first-order valence-corrected chi connectivity index (χ1v) is 11.3. The first kappa shape index (κ1) is 20.4. The van der Waals surface area contributed by atoms with Crippen LogP contribution in [0.1, 0.15) is 66.2 Å². The van der Waals surface area contributed by atoms with E-state index in [9.17, 15) is 18.0 Å². The molecule has 0 spiro atoms. The minimum Gasteiger partial charge on any atom is -0.339 e. The standard InChI is InChI=1S/C20H32N2O4S/c1-6-14-12-20(14,17(24)21-27(25,26)19(5)9-10-19)15-8-7-11-22(15)16(23)13-18(2,3)4/h6,14-15H,1,7-13H2,2-5H3,(H,21,24). The van der Waals surface area contributed by atoms with Crippen LogP contribution in [0.3, 0.4) is 0 Å². The molecule has 1 N–H and O–H groups in total. The number of hydrogen-bond acceptors (Lipinski definition) is 4. The largest absolute Gasteiger partial charge is 0.339 e. The Morgan fingerprint density at radius 3 is 2.41 bits per heavy atom. The summed E-state index contributed by atoms with van der Waals surface area (Å²) in [6.07, 6.45) is 5.42. The molecule has 0 radical (unpaired) electrons. The zero-order chi connectivity index (χ0) is 20.3. The van der Waals surface area contributed by atoms with Crippen LogP contribution in [0.15, 0.2) is 12.7 Å². The fourth-order valence-electron chi connectivity index (χ4n) is 4.34. The van der Waals surface area contributed by atoms with E-state index >= 15 is 0 Å². The number of hydrogen-bond donors (Lipinski definition) is 1. The van der Waals surface area contributed by atoms with Gasteiger partial charge in [0.25, 0.3) is 0 Å². The van der Waals surface area contributed by atoms with Gasteiger partial charge in [0.1, 0.15) is 0 Å². The van der Waals surface area contributed by atoms with E-state index in [1.165, 1.54) is 0 Å². The molecule has 0 aromatic rings. The summed E-state index contributed by atoms with van der Waals surface area (Å²) >= 11 is 0. The molecular formula is C20H32N2O4S. The number of nitrogens with zero attached hydrogens (tertiary/aromatic N) is 1. The predicted octanol–water partition coefficient (Wildman–Crippen LogP) is 2.60. The van der Waals surface area contributed by atoms with E-state index in [0.717, 1.165) is 12.8 Å². The van der Waals surface area contributed by atoms with E-state index in [4.69, 9.17) is 0 Å². The quantitative estimate of drug-likeness (QED) is 0.700. The van der Waals surface area contributed by atoms with Gasteiger partial charge >= 0.3 is 0 Å². The van der Waals surface area contributed by atoms with Crippen LogP contribution in [0, 0.1) is 16.7 Å². The number of carbonyl (C=O) groups excluding carboxylic acids is 2. The van der Waals surface area contributed by atoms with Crippen LogP contribution in [0.2, 0.25) is 0 Å². The van der Waals surface area contributed by atoms with Crippen molar-refractivity contribution in [3.8, 4) is 0 Å². The lowest BCUT2D eigenvalue weighted by atomic mass is 9.88. The average molecular weight is 397 g/mol. The van der Waals surface area contributed by atoms with Crippen molar-refractivity contribution in [2.75, 3.05) is 6.54 Å². The van der Waals surface area contributed by atoms with Gasteiger partial charge in [-0.2, -0.15) is 0 Å². The molecule has 152 valence electrons. The van der Waals surface area contributed by atoms with Crippen molar-refractivity contribution < 1.29 is 18.0 Å². The molecule has 3 unspecified atom stereocenters. The molecule has 1 saturated heterocycles. The van der Waals surface area contributed by atoms with E-state index in [2.05, 4.69) is 11.3 Å². The molecule has 1 aliphatic heterocycles. The van der Waals surface area contributed by atoms with Crippen LogP contribution in [0.5, 0.6) is 0 Å². The Labute approximate surface area is 162 Å². The highest BCUT2D eigenvalue weighted by Gasteiger charge is 2.66. The second kappa shape index (κ2) is 6.33. The molecule has 3 rings (SSSR count). The van der Waals surface area contributed by atoms with Crippen LogP contribution >= 0.6 is 0 Å². The van der Waals surface area contributed by atoms with Crippen molar-refractivity contribution in [3.63, 3.8) is 0 Å². The van der Waals surface area contributed by atoms with E-state index in [1.807, 2.05) is 25.7 Å². The topological polar surface area (TPSA) is 83.6 Å². The fraction of sp³-hybridized carbons (Fsp3) is 0.800. The maximum absolute atomic E-state index is 13.2. The van der Waals surface area contributed by atoms with Crippen LogP contribution in [-0.2, 0) is 19.6 Å². The fourth-order valence-corrected chi connectivity index (χ4v) is 5.66. The minimum atomic E-state index is -3.69. The molecule has 2 aliphatic carbocycles.